The third-order valence-electron chi connectivity index (χ3n) is 5.38. The quantitative estimate of drug-likeness (QED) is 0.349. The lowest BCUT2D eigenvalue weighted by atomic mass is 9.83. The Hall–Kier alpha value is -2.67. The van der Waals surface area contributed by atoms with E-state index in [9.17, 15) is 4.39 Å². The van der Waals surface area contributed by atoms with Crippen LogP contribution in [0, 0.1) is 11.2 Å². The molecule has 0 aliphatic heterocycles. The van der Waals surface area contributed by atoms with Gasteiger partial charge in [-0.15, -0.1) is 0 Å². The van der Waals surface area contributed by atoms with E-state index in [0.29, 0.717) is 5.41 Å². The maximum absolute atomic E-state index is 12.5. The van der Waals surface area contributed by atoms with E-state index in [2.05, 4.69) is 111 Å². The number of benzene rings is 3. The molecule has 3 rings (SSSR count). The van der Waals surface area contributed by atoms with Crippen LogP contribution in [0.3, 0.4) is 0 Å². The second-order valence-corrected chi connectivity index (χ2v) is 11.5. The van der Waals surface area contributed by atoms with Gasteiger partial charge in [-0.25, -0.2) is 4.39 Å². The zero-order chi connectivity index (χ0) is 25.3. The third-order valence-corrected chi connectivity index (χ3v) is 5.38. The van der Waals surface area contributed by atoms with E-state index < -0.39 is 0 Å². The first-order chi connectivity index (χ1) is 15.1. The minimum atomic E-state index is -0.169. The molecule has 33 heavy (non-hydrogen) atoms. The summed E-state index contributed by atoms with van der Waals surface area (Å²) in [4.78, 5) is 0. The molecule has 178 valence electrons. The molecule has 0 aliphatic carbocycles. The molecule has 0 saturated carbocycles. The first kappa shape index (κ1) is 28.4. The number of hydrogen-bond acceptors (Lipinski definition) is 0. The van der Waals surface area contributed by atoms with Crippen LogP contribution in [0.1, 0.15) is 79.0 Å². The van der Waals surface area contributed by atoms with E-state index >= 15 is 0 Å². The fourth-order valence-corrected chi connectivity index (χ4v) is 2.96. The van der Waals surface area contributed by atoms with Crippen molar-refractivity contribution in [2.24, 2.45) is 5.41 Å². The predicted octanol–water partition coefficient (Wildman–Crippen LogP) is 9.85. The van der Waals surface area contributed by atoms with Crippen LogP contribution >= 0.6 is 0 Å². The van der Waals surface area contributed by atoms with Crippen LogP contribution < -0.4 is 0 Å². The number of hydrogen-bond donors (Lipinski definition) is 0. The van der Waals surface area contributed by atoms with Gasteiger partial charge in [0.2, 0.25) is 0 Å². The first-order valence-electron chi connectivity index (χ1n) is 11.7. The summed E-state index contributed by atoms with van der Waals surface area (Å²) in [5.74, 6) is -0.169. The van der Waals surface area contributed by atoms with E-state index in [4.69, 9.17) is 0 Å². The molecule has 0 nitrogen and oxygen atoms in total. The van der Waals surface area contributed by atoms with Gasteiger partial charge < -0.3 is 0 Å². The van der Waals surface area contributed by atoms with E-state index in [0.717, 1.165) is 0 Å². The van der Waals surface area contributed by atoms with Gasteiger partial charge in [-0.05, 0) is 50.6 Å². The monoisotopic (exact) mass is 446 g/mol. The van der Waals surface area contributed by atoms with Crippen LogP contribution in [0.2, 0.25) is 0 Å². The molecule has 0 spiro atoms. The van der Waals surface area contributed by atoms with E-state index in [1.807, 2.05) is 30.3 Å². The highest BCUT2D eigenvalue weighted by molar-refractivity contribution is 5.67. The van der Waals surface area contributed by atoms with Gasteiger partial charge in [-0.3, -0.25) is 0 Å². The molecule has 3 aromatic rings. The molecule has 0 atom stereocenters. The maximum Gasteiger partial charge on any atom is 0.123 e. The van der Waals surface area contributed by atoms with Gasteiger partial charge in [0, 0.05) is 0 Å². The molecule has 0 unspecified atom stereocenters. The summed E-state index contributed by atoms with van der Waals surface area (Å²) in [6.45, 7) is 23.7. The fraction of sp³-hybridized carbons (Fsp3) is 0.375. The van der Waals surface area contributed by atoms with Gasteiger partial charge in [0.25, 0.3) is 0 Å². The zero-order valence-electron chi connectivity index (χ0n) is 22.2. The Labute approximate surface area is 202 Å². The van der Waals surface area contributed by atoms with Crippen molar-refractivity contribution in [2.45, 2.75) is 73.1 Å². The highest BCUT2D eigenvalue weighted by Crippen LogP contribution is 2.31. The Morgan fingerprint density at radius 1 is 0.545 bits per heavy atom. The molecule has 0 aliphatic rings. The van der Waals surface area contributed by atoms with Crippen molar-refractivity contribution < 1.29 is 4.39 Å². The normalized spacial score (nSPS) is 11.5. The molecular formula is C32H43F. The average molecular weight is 447 g/mol. The van der Waals surface area contributed by atoms with Crippen molar-refractivity contribution in [1.82, 2.24) is 0 Å². The molecule has 0 aromatic heterocycles. The molecule has 0 bridgehead atoms. The van der Waals surface area contributed by atoms with Crippen molar-refractivity contribution in [2.75, 3.05) is 0 Å². The lowest BCUT2D eigenvalue weighted by Gasteiger charge is -2.21. The van der Waals surface area contributed by atoms with E-state index in [1.54, 1.807) is 0 Å². The van der Waals surface area contributed by atoms with Gasteiger partial charge in [0.15, 0.2) is 0 Å². The van der Waals surface area contributed by atoms with E-state index in [1.165, 1.54) is 34.4 Å². The van der Waals surface area contributed by atoms with Crippen molar-refractivity contribution in [1.29, 1.82) is 0 Å². The molecule has 0 N–H and O–H groups in total. The van der Waals surface area contributed by atoms with Gasteiger partial charge in [-0.1, -0.05) is 142 Å². The summed E-state index contributed by atoms with van der Waals surface area (Å²) in [7, 11) is 0. The Bertz CT molecular complexity index is 946. The van der Waals surface area contributed by atoms with Gasteiger partial charge >= 0.3 is 0 Å². The molecular weight excluding hydrogens is 403 g/mol. The number of allylic oxidation sites excluding steroid dienone is 1. The van der Waals surface area contributed by atoms with Crippen LogP contribution in [0.4, 0.5) is 4.39 Å². The highest BCUT2D eigenvalue weighted by Gasteiger charge is 2.15. The van der Waals surface area contributed by atoms with E-state index in [-0.39, 0.29) is 16.6 Å². The second kappa shape index (κ2) is 12.0. The summed E-state index contributed by atoms with van der Waals surface area (Å²) < 4.78 is 12.5. The molecule has 0 radical (unpaired) electrons. The van der Waals surface area contributed by atoms with Crippen molar-refractivity contribution >= 4 is 5.57 Å². The maximum atomic E-state index is 12.5. The van der Waals surface area contributed by atoms with Crippen LogP contribution in [0.25, 0.3) is 5.57 Å². The molecule has 0 fully saturated rings. The Morgan fingerprint density at radius 3 is 1.24 bits per heavy atom. The summed E-state index contributed by atoms with van der Waals surface area (Å²) in [6.07, 6.45) is 0. The summed E-state index contributed by atoms with van der Waals surface area (Å²) in [6, 6.07) is 27.5. The highest BCUT2D eigenvalue weighted by atomic mass is 19.1. The predicted molar refractivity (Wildman–Crippen MR) is 145 cm³/mol. The molecule has 0 saturated heterocycles. The topological polar surface area (TPSA) is 0 Å². The number of rotatable bonds is 1. The van der Waals surface area contributed by atoms with Crippen molar-refractivity contribution in [3.8, 4) is 0 Å². The Morgan fingerprint density at radius 2 is 0.909 bits per heavy atom. The van der Waals surface area contributed by atoms with Crippen LogP contribution in [-0.2, 0) is 10.8 Å². The second-order valence-electron chi connectivity index (χ2n) is 11.5. The zero-order valence-corrected chi connectivity index (χ0v) is 22.2. The van der Waals surface area contributed by atoms with Crippen LogP contribution in [0.5, 0.6) is 0 Å². The van der Waals surface area contributed by atoms with Gasteiger partial charge in [0.1, 0.15) is 5.82 Å². The first-order valence-corrected chi connectivity index (χ1v) is 11.7. The molecule has 0 heterocycles. The minimum Gasteiger partial charge on any atom is -0.207 e. The summed E-state index contributed by atoms with van der Waals surface area (Å²) >= 11 is 0. The Balaban J connectivity index is 0.000000249. The molecule has 3 aromatic carbocycles. The average Bonchev–Trinajstić information content (AvgIpc) is 2.74. The van der Waals surface area contributed by atoms with Gasteiger partial charge in [-0.2, -0.15) is 0 Å². The fourth-order valence-electron chi connectivity index (χ4n) is 2.96. The third kappa shape index (κ3) is 10.7. The Kier molecular flexibility index (Phi) is 10.3. The summed E-state index contributed by atoms with van der Waals surface area (Å²) in [5, 5.41) is 0. The van der Waals surface area contributed by atoms with Crippen LogP contribution in [0.15, 0.2) is 91.5 Å². The SMILES string of the molecule is C=C(c1ccccc1)C(C)(C)C.CC(C)(C)c1ccc(F)cc1.CC(C)(C)c1ccccc1. The van der Waals surface area contributed by atoms with Crippen molar-refractivity contribution in [3.63, 3.8) is 0 Å². The van der Waals surface area contributed by atoms with Crippen molar-refractivity contribution in [3.05, 3.63) is 114 Å². The van der Waals surface area contributed by atoms with Gasteiger partial charge in [0.05, 0.1) is 0 Å². The smallest absolute Gasteiger partial charge is 0.123 e. The lowest BCUT2D eigenvalue weighted by molar-refractivity contribution is 0.568. The molecule has 0 amide bonds. The molecule has 1 heteroatoms. The lowest BCUT2D eigenvalue weighted by Crippen LogP contribution is -2.10. The number of halogens is 1. The van der Waals surface area contributed by atoms with Crippen LogP contribution in [-0.4, -0.2) is 0 Å². The summed E-state index contributed by atoms with van der Waals surface area (Å²) in [5.41, 5.74) is 5.58. The minimum absolute atomic E-state index is 0.119. The standard InChI is InChI=1S/C12H16.C10H13F.C10H14/c1-10(12(2,3)4)11-8-6-5-7-9-11;1-10(2,3)8-4-6-9(11)7-5-8;1-10(2,3)9-7-5-4-6-8-9/h5-9H,1H2,2-4H3;4-7H,1-3H3;4-8H,1-3H3. The largest absolute Gasteiger partial charge is 0.207 e.